The van der Waals surface area contributed by atoms with Gasteiger partial charge in [0.1, 0.15) is 5.69 Å². The quantitative estimate of drug-likeness (QED) is 0.548. The summed E-state index contributed by atoms with van der Waals surface area (Å²) in [6.07, 6.45) is 0. The number of nitrogens with zero attached hydrogens (tertiary/aromatic N) is 3. The largest absolute Gasteiger partial charge is 0.369 e. The van der Waals surface area contributed by atoms with Crippen LogP contribution in [-0.2, 0) is 4.79 Å². The molecule has 1 aliphatic heterocycles. The summed E-state index contributed by atoms with van der Waals surface area (Å²) in [5.41, 5.74) is 6.58. The van der Waals surface area contributed by atoms with Crippen LogP contribution in [0.5, 0.6) is 0 Å². The number of nitro groups is 1. The van der Waals surface area contributed by atoms with Crippen molar-refractivity contribution in [1.82, 2.24) is 4.90 Å². The van der Waals surface area contributed by atoms with Crippen molar-refractivity contribution in [2.45, 2.75) is 0 Å². The SMILES string of the molecule is NC(=O)c1ccc(N2CCN(CC(=O)Nc3ccc(Cl)cc3[N+](=O)[O-])CC2)cc1. The number of halogens is 1. The Kier molecular flexibility index (Phi) is 6.30. The van der Waals surface area contributed by atoms with Gasteiger partial charge in [0.2, 0.25) is 11.8 Å². The summed E-state index contributed by atoms with van der Waals surface area (Å²) in [5, 5.41) is 13.9. The highest BCUT2D eigenvalue weighted by Gasteiger charge is 2.21. The van der Waals surface area contributed by atoms with E-state index in [1.807, 2.05) is 17.0 Å². The molecule has 1 fully saturated rings. The minimum Gasteiger partial charge on any atom is -0.369 e. The molecule has 29 heavy (non-hydrogen) atoms. The molecule has 0 saturated carbocycles. The second-order valence-electron chi connectivity index (χ2n) is 6.64. The van der Waals surface area contributed by atoms with E-state index < -0.39 is 10.8 Å². The molecule has 0 aromatic heterocycles. The summed E-state index contributed by atoms with van der Waals surface area (Å²) in [7, 11) is 0. The van der Waals surface area contributed by atoms with E-state index in [9.17, 15) is 19.7 Å². The zero-order valence-corrected chi connectivity index (χ0v) is 16.3. The number of nitrogens with two attached hydrogens (primary N) is 1. The molecule has 2 amide bonds. The second-order valence-corrected chi connectivity index (χ2v) is 7.08. The zero-order chi connectivity index (χ0) is 21.0. The molecular weight excluding hydrogens is 398 g/mol. The molecule has 1 heterocycles. The Morgan fingerprint density at radius 1 is 1.10 bits per heavy atom. The normalized spacial score (nSPS) is 14.4. The highest BCUT2D eigenvalue weighted by atomic mass is 35.5. The lowest BCUT2D eigenvalue weighted by Crippen LogP contribution is -2.48. The van der Waals surface area contributed by atoms with Crippen LogP contribution < -0.4 is 16.0 Å². The van der Waals surface area contributed by atoms with Gasteiger partial charge in [0.05, 0.1) is 11.5 Å². The van der Waals surface area contributed by atoms with Crippen molar-refractivity contribution in [3.8, 4) is 0 Å². The first-order chi connectivity index (χ1) is 13.8. The number of nitro benzene ring substituents is 1. The zero-order valence-electron chi connectivity index (χ0n) is 15.5. The number of carbonyl (C=O) groups excluding carboxylic acids is 2. The monoisotopic (exact) mass is 417 g/mol. The van der Waals surface area contributed by atoms with Crippen molar-refractivity contribution in [1.29, 1.82) is 0 Å². The third-order valence-corrected chi connectivity index (χ3v) is 4.92. The molecule has 1 saturated heterocycles. The van der Waals surface area contributed by atoms with E-state index in [0.717, 1.165) is 5.69 Å². The molecule has 3 N–H and O–H groups in total. The number of anilines is 2. The van der Waals surface area contributed by atoms with Gasteiger partial charge in [-0.2, -0.15) is 0 Å². The number of rotatable bonds is 6. The maximum Gasteiger partial charge on any atom is 0.294 e. The fourth-order valence-electron chi connectivity index (χ4n) is 3.16. The van der Waals surface area contributed by atoms with Crippen LogP contribution in [0.25, 0.3) is 0 Å². The summed E-state index contributed by atoms with van der Waals surface area (Å²) in [6.45, 7) is 2.88. The lowest BCUT2D eigenvalue weighted by atomic mass is 10.1. The third kappa shape index (κ3) is 5.21. The van der Waals surface area contributed by atoms with Gasteiger partial charge in [0, 0.05) is 48.5 Å². The van der Waals surface area contributed by atoms with Crippen LogP contribution in [0.2, 0.25) is 5.02 Å². The van der Waals surface area contributed by atoms with E-state index in [4.69, 9.17) is 17.3 Å². The molecule has 10 heteroatoms. The first-order valence-electron chi connectivity index (χ1n) is 8.94. The smallest absolute Gasteiger partial charge is 0.294 e. The first-order valence-corrected chi connectivity index (χ1v) is 9.32. The highest BCUT2D eigenvalue weighted by Crippen LogP contribution is 2.27. The van der Waals surface area contributed by atoms with Crippen molar-refractivity contribution in [2.24, 2.45) is 5.73 Å². The highest BCUT2D eigenvalue weighted by molar-refractivity contribution is 6.31. The van der Waals surface area contributed by atoms with E-state index in [0.29, 0.717) is 31.7 Å². The van der Waals surface area contributed by atoms with Crippen LogP contribution in [-0.4, -0.2) is 54.4 Å². The van der Waals surface area contributed by atoms with Gasteiger partial charge in [-0.1, -0.05) is 11.6 Å². The Bertz CT molecular complexity index is 927. The van der Waals surface area contributed by atoms with Crippen molar-refractivity contribution < 1.29 is 14.5 Å². The average Bonchev–Trinajstić information content (AvgIpc) is 2.70. The lowest BCUT2D eigenvalue weighted by molar-refractivity contribution is -0.383. The number of primary amides is 1. The number of hydrogen-bond donors (Lipinski definition) is 2. The molecule has 3 rings (SSSR count). The number of benzene rings is 2. The van der Waals surface area contributed by atoms with E-state index in [2.05, 4.69) is 10.2 Å². The number of piperazine rings is 1. The topological polar surface area (TPSA) is 122 Å². The fraction of sp³-hybridized carbons (Fsp3) is 0.263. The van der Waals surface area contributed by atoms with Gasteiger partial charge in [0.15, 0.2) is 0 Å². The number of amides is 2. The summed E-state index contributed by atoms with van der Waals surface area (Å²) in [4.78, 5) is 38.2. The van der Waals surface area contributed by atoms with Crippen LogP contribution in [0.3, 0.4) is 0 Å². The standard InChI is InChI=1S/C19H20ClN5O4/c20-14-3-6-16(17(11-14)25(28)29)22-18(26)12-23-7-9-24(10-8-23)15-4-1-13(2-5-15)19(21)27/h1-6,11H,7-10,12H2,(H2,21,27)(H,22,26). The Labute approximate surface area is 172 Å². The molecule has 0 bridgehead atoms. The first kappa shape index (κ1) is 20.6. The molecule has 0 radical (unpaired) electrons. The Balaban J connectivity index is 1.54. The van der Waals surface area contributed by atoms with Crippen molar-refractivity contribution >= 4 is 40.5 Å². The Morgan fingerprint density at radius 3 is 2.34 bits per heavy atom. The van der Waals surface area contributed by atoms with Crippen molar-refractivity contribution in [2.75, 3.05) is 42.9 Å². The van der Waals surface area contributed by atoms with Crippen molar-refractivity contribution in [3.63, 3.8) is 0 Å². The fourth-order valence-corrected chi connectivity index (χ4v) is 3.32. The predicted octanol–water partition coefficient (Wildman–Crippen LogP) is 2.11. The Morgan fingerprint density at radius 2 is 1.76 bits per heavy atom. The minimum atomic E-state index is -0.580. The lowest BCUT2D eigenvalue weighted by Gasteiger charge is -2.35. The maximum absolute atomic E-state index is 12.3. The van der Waals surface area contributed by atoms with Gasteiger partial charge in [-0.3, -0.25) is 24.6 Å². The van der Waals surface area contributed by atoms with Gasteiger partial charge >= 0.3 is 0 Å². The number of hydrogen-bond acceptors (Lipinski definition) is 6. The average molecular weight is 418 g/mol. The van der Waals surface area contributed by atoms with Gasteiger partial charge in [-0.15, -0.1) is 0 Å². The van der Waals surface area contributed by atoms with Crippen LogP contribution >= 0.6 is 11.6 Å². The molecule has 0 unspecified atom stereocenters. The molecule has 9 nitrogen and oxygen atoms in total. The molecule has 2 aromatic carbocycles. The van der Waals surface area contributed by atoms with E-state index in [1.165, 1.54) is 18.2 Å². The summed E-state index contributed by atoms with van der Waals surface area (Å²) in [5.74, 6) is -0.789. The van der Waals surface area contributed by atoms with Gasteiger partial charge in [-0.05, 0) is 36.4 Å². The Hall–Kier alpha value is -3.17. The molecule has 1 aliphatic rings. The van der Waals surface area contributed by atoms with Crippen LogP contribution in [0, 0.1) is 10.1 Å². The van der Waals surface area contributed by atoms with Gasteiger partial charge in [-0.25, -0.2) is 0 Å². The van der Waals surface area contributed by atoms with E-state index in [1.54, 1.807) is 12.1 Å². The molecule has 0 spiro atoms. The van der Waals surface area contributed by atoms with Gasteiger partial charge < -0.3 is 16.0 Å². The molecular formula is C19H20ClN5O4. The van der Waals surface area contributed by atoms with Crippen LogP contribution in [0.4, 0.5) is 17.1 Å². The predicted molar refractivity (Wildman–Crippen MR) is 110 cm³/mol. The molecule has 152 valence electrons. The second kappa shape index (κ2) is 8.89. The number of nitrogens with one attached hydrogen (secondary N) is 1. The summed E-state index contributed by atoms with van der Waals surface area (Å²) >= 11 is 5.79. The van der Waals surface area contributed by atoms with E-state index in [-0.39, 0.29) is 28.8 Å². The van der Waals surface area contributed by atoms with E-state index >= 15 is 0 Å². The van der Waals surface area contributed by atoms with Crippen LogP contribution in [0.1, 0.15) is 10.4 Å². The maximum atomic E-state index is 12.3. The number of carbonyl (C=O) groups is 2. The summed E-state index contributed by atoms with van der Waals surface area (Å²) in [6, 6.07) is 11.2. The molecule has 0 aliphatic carbocycles. The van der Waals surface area contributed by atoms with Crippen LogP contribution in [0.15, 0.2) is 42.5 Å². The minimum absolute atomic E-state index is 0.123. The summed E-state index contributed by atoms with van der Waals surface area (Å²) < 4.78 is 0. The molecule has 2 aromatic rings. The third-order valence-electron chi connectivity index (χ3n) is 4.69. The van der Waals surface area contributed by atoms with Gasteiger partial charge in [0.25, 0.3) is 5.69 Å². The van der Waals surface area contributed by atoms with Crippen molar-refractivity contribution in [3.05, 3.63) is 63.2 Å². The molecule has 0 atom stereocenters.